The van der Waals surface area contributed by atoms with Crippen LogP contribution in [0.4, 0.5) is 5.69 Å². The molecule has 0 bridgehead atoms. The molecule has 9 nitrogen and oxygen atoms in total. The summed E-state index contributed by atoms with van der Waals surface area (Å²) in [5.41, 5.74) is 6.69. The lowest BCUT2D eigenvalue weighted by Gasteiger charge is -2.35. The van der Waals surface area contributed by atoms with Crippen molar-refractivity contribution in [2.24, 2.45) is 5.73 Å². The molecule has 35 heavy (non-hydrogen) atoms. The SMILES string of the molecule is CC(C)(C)OC(=O)[C@H](CNC(=O)c1ccc(N2CCCCC2N)cc1)NS(=O)(=O)c1ccccc1. The third-order valence-electron chi connectivity index (χ3n) is 5.52. The maximum Gasteiger partial charge on any atom is 0.326 e. The van der Waals surface area contributed by atoms with Crippen molar-refractivity contribution in [3.8, 4) is 0 Å². The molecule has 1 saturated heterocycles. The third-order valence-corrected chi connectivity index (χ3v) is 7.01. The number of nitrogens with zero attached hydrogens (tertiary/aromatic N) is 1. The Kier molecular flexibility index (Phi) is 8.52. The molecule has 4 N–H and O–H groups in total. The maximum absolute atomic E-state index is 12.8. The second-order valence-electron chi connectivity index (χ2n) is 9.53. The Hall–Kier alpha value is -2.95. The van der Waals surface area contributed by atoms with E-state index in [1.165, 1.54) is 12.1 Å². The van der Waals surface area contributed by atoms with Crippen LogP contribution in [0.3, 0.4) is 0 Å². The van der Waals surface area contributed by atoms with Gasteiger partial charge in [-0.1, -0.05) is 18.2 Å². The molecule has 2 aromatic carbocycles. The predicted molar refractivity (Wildman–Crippen MR) is 134 cm³/mol. The molecule has 1 aliphatic heterocycles. The van der Waals surface area contributed by atoms with Gasteiger partial charge in [-0.3, -0.25) is 9.59 Å². The zero-order valence-corrected chi connectivity index (χ0v) is 21.2. The van der Waals surface area contributed by atoms with Crippen LogP contribution >= 0.6 is 0 Å². The lowest BCUT2D eigenvalue weighted by molar-refractivity contribution is -0.156. The molecule has 0 radical (unpaired) electrons. The molecule has 0 aromatic heterocycles. The second kappa shape index (κ2) is 11.2. The molecule has 0 saturated carbocycles. The van der Waals surface area contributed by atoms with E-state index in [0.29, 0.717) is 5.56 Å². The van der Waals surface area contributed by atoms with Crippen molar-refractivity contribution >= 4 is 27.6 Å². The Bertz CT molecular complexity index is 1110. The highest BCUT2D eigenvalue weighted by atomic mass is 32.2. The molecule has 2 atom stereocenters. The van der Waals surface area contributed by atoms with Crippen LogP contribution in [0, 0.1) is 0 Å². The first-order valence-electron chi connectivity index (χ1n) is 11.7. The number of hydrogen-bond acceptors (Lipinski definition) is 7. The zero-order valence-electron chi connectivity index (χ0n) is 20.4. The number of amides is 1. The molecule has 1 fully saturated rings. The van der Waals surface area contributed by atoms with Crippen LogP contribution in [-0.2, 0) is 19.6 Å². The number of hydrogen-bond donors (Lipinski definition) is 3. The van der Waals surface area contributed by atoms with Crippen LogP contribution in [0.15, 0.2) is 59.5 Å². The average Bonchev–Trinajstić information content (AvgIpc) is 2.81. The third kappa shape index (κ3) is 7.51. The Morgan fingerprint density at radius 3 is 2.34 bits per heavy atom. The summed E-state index contributed by atoms with van der Waals surface area (Å²) < 4.78 is 33.3. The van der Waals surface area contributed by atoms with Gasteiger partial charge in [0.25, 0.3) is 5.91 Å². The Morgan fingerprint density at radius 2 is 1.74 bits per heavy atom. The highest BCUT2D eigenvalue weighted by Crippen LogP contribution is 2.23. The second-order valence-corrected chi connectivity index (χ2v) is 11.2. The van der Waals surface area contributed by atoms with Crippen LogP contribution in [0.5, 0.6) is 0 Å². The van der Waals surface area contributed by atoms with Crippen molar-refractivity contribution in [1.82, 2.24) is 10.0 Å². The van der Waals surface area contributed by atoms with Gasteiger partial charge in [0.05, 0.1) is 11.1 Å². The van der Waals surface area contributed by atoms with Gasteiger partial charge in [0, 0.05) is 24.3 Å². The monoisotopic (exact) mass is 502 g/mol. The van der Waals surface area contributed by atoms with Crippen LogP contribution in [0.2, 0.25) is 0 Å². The lowest BCUT2D eigenvalue weighted by atomic mass is 10.1. The number of piperidine rings is 1. The topological polar surface area (TPSA) is 131 Å². The van der Waals surface area contributed by atoms with Gasteiger partial charge in [-0.05, 0) is 76.4 Å². The van der Waals surface area contributed by atoms with Gasteiger partial charge in [0.2, 0.25) is 10.0 Å². The Labute approximate surface area is 207 Å². The highest BCUT2D eigenvalue weighted by molar-refractivity contribution is 7.89. The van der Waals surface area contributed by atoms with Crippen molar-refractivity contribution in [3.63, 3.8) is 0 Å². The first-order valence-corrected chi connectivity index (χ1v) is 13.2. The summed E-state index contributed by atoms with van der Waals surface area (Å²) in [4.78, 5) is 27.6. The van der Waals surface area contributed by atoms with Gasteiger partial charge in [-0.25, -0.2) is 8.42 Å². The van der Waals surface area contributed by atoms with E-state index in [2.05, 4.69) is 14.9 Å². The number of carbonyl (C=O) groups is 2. The van der Waals surface area contributed by atoms with Crippen molar-refractivity contribution < 1.29 is 22.7 Å². The summed E-state index contributed by atoms with van der Waals surface area (Å²) in [5.74, 6) is -1.22. The van der Waals surface area contributed by atoms with E-state index in [-0.39, 0.29) is 17.6 Å². The summed E-state index contributed by atoms with van der Waals surface area (Å²) in [6.45, 7) is 5.64. The number of benzene rings is 2. The van der Waals surface area contributed by atoms with Gasteiger partial charge < -0.3 is 20.7 Å². The summed E-state index contributed by atoms with van der Waals surface area (Å²) in [6.07, 6.45) is 3.05. The van der Waals surface area contributed by atoms with E-state index < -0.39 is 33.5 Å². The summed E-state index contributed by atoms with van der Waals surface area (Å²) in [5, 5.41) is 2.64. The van der Waals surface area contributed by atoms with Crippen LogP contribution in [0.25, 0.3) is 0 Å². The maximum atomic E-state index is 12.8. The fraction of sp³-hybridized carbons (Fsp3) is 0.440. The molecule has 1 unspecified atom stereocenters. The van der Waals surface area contributed by atoms with Gasteiger partial charge in [-0.15, -0.1) is 0 Å². The van der Waals surface area contributed by atoms with E-state index >= 15 is 0 Å². The number of sulfonamides is 1. The fourth-order valence-corrected chi connectivity index (χ4v) is 4.99. The van der Waals surface area contributed by atoms with E-state index in [4.69, 9.17) is 10.5 Å². The lowest BCUT2D eigenvalue weighted by Crippen LogP contribution is -2.50. The number of nitrogens with two attached hydrogens (primary N) is 1. The van der Waals surface area contributed by atoms with Gasteiger partial charge in [-0.2, -0.15) is 4.72 Å². The van der Waals surface area contributed by atoms with Gasteiger partial charge in [0.1, 0.15) is 11.6 Å². The molecular formula is C25H34N4O5S. The number of rotatable bonds is 8. The zero-order chi connectivity index (χ0) is 25.6. The molecule has 190 valence electrons. The number of anilines is 1. The minimum atomic E-state index is -4.02. The number of nitrogens with one attached hydrogen (secondary N) is 2. The largest absolute Gasteiger partial charge is 0.459 e. The smallest absolute Gasteiger partial charge is 0.326 e. The molecule has 3 rings (SSSR count). The molecule has 1 aliphatic rings. The minimum Gasteiger partial charge on any atom is -0.459 e. The molecule has 2 aromatic rings. The first-order chi connectivity index (χ1) is 16.5. The van der Waals surface area contributed by atoms with Crippen LogP contribution in [-0.4, -0.2) is 51.2 Å². The van der Waals surface area contributed by atoms with Gasteiger partial charge in [0.15, 0.2) is 0 Å². The van der Waals surface area contributed by atoms with E-state index in [0.717, 1.165) is 31.5 Å². The van der Waals surface area contributed by atoms with Crippen molar-refractivity contribution in [2.45, 2.75) is 62.7 Å². The summed E-state index contributed by atoms with van der Waals surface area (Å²) in [6, 6.07) is 13.4. The number of carbonyl (C=O) groups excluding carboxylic acids is 2. The normalized spacial score (nSPS) is 17.5. The van der Waals surface area contributed by atoms with Crippen LogP contribution < -0.4 is 20.7 Å². The first kappa shape index (κ1) is 26.7. The Morgan fingerprint density at radius 1 is 1.09 bits per heavy atom. The van der Waals surface area contributed by atoms with Crippen molar-refractivity contribution in [3.05, 3.63) is 60.2 Å². The van der Waals surface area contributed by atoms with Gasteiger partial charge >= 0.3 is 5.97 Å². The standard InChI is InChI=1S/C25H34N4O5S/c1-25(2,3)34-24(31)21(28-35(32,33)20-9-5-4-6-10-20)17-27-23(30)18-12-14-19(15-13-18)29-16-8-7-11-22(29)26/h4-6,9-10,12-15,21-22,28H,7-8,11,16-17,26H2,1-3H3,(H,27,30)/t21-,22?/m0/s1. The summed E-state index contributed by atoms with van der Waals surface area (Å²) in [7, 11) is -4.02. The van der Waals surface area contributed by atoms with E-state index in [1.807, 2.05) is 12.1 Å². The predicted octanol–water partition coefficient (Wildman–Crippen LogP) is 2.38. The molecule has 0 aliphatic carbocycles. The molecule has 1 amide bonds. The quantitative estimate of drug-likeness (QED) is 0.472. The van der Waals surface area contributed by atoms with E-state index in [9.17, 15) is 18.0 Å². The summed E-state index contributed by atoms with van der Waals surface area (Å²) >= 11 is 0. The Balaban J connectivity index is 1.70. The van der Waals surface area contributed by atoms with E-state index in [1.54, 1.807) is 51.1 Å². The van der Waals surface area contributed by atoms with Crippen LogP contribution in [0.1, 0.15) is 50.4 Å². The fourth-order valence-electron chi connectivity index (χ4n) is 3.78. The minimum absolute atomic E-state index is 0.00592. The number of ether oxygens (including phenoxy) is 1. The molecule has 0 spiro atoms. The highest BCUT2D eigenvalue weighted by Gasteiger charge is 2.30. The molecule has 10 heteroatoms. The molecule has 1 heterocycles. The average molecular weight is 503 g/mol. The van der Waals surface area contributed by atoms with Crippen molar-refractivity contribution in [2.75, 3.05) is 18.0 Å². The molecular weight excluding hydrogens is 468 g/mol. The number of esters is 1. The van der Waals surface area contributed by atoms with Crippen molar-refractivity contribution in [1.29, 1.82) is 0 Å².